The van der Waals surface area contributed by atoms with Gasteiger partial charge in [0.1, 0.15) is 0 Å². The van der Waals surface area contributed by atoms with E-state index in [1.165, 1.54) is 19.3 Å². The number of aliphatic hydroxyl groups is 1. The van der Waals surface area contributed by atoms with E-state index in [0.29, 0.717) is 19.4 Å². The lowest BCUT2D eigenvalue weighted by Crippen LogP contribution is -2.22. The molecule has 0 aromatic carbocycles. The maximum absolute atomic E-state index is 11.8. The third-order valence-electron chi connectivity index (χ3n) is 3.16. The van der Waals surface area contributed by atoms with Gasteiger partial charge in [0.15, 0.2) is 0 Å². The molecule has 1 amide bonds. The number of carbonyl (C=O) groups excluding carboxylic acids is 1. The first-order chi connectivity index (χ1) is 10.3. The van der Waals surface area contributed by atoms with Gasteiger partial charge < -0.3 is 10.4 Å². The molecule has 3 nitrogen and oxygen atoms in total. The molecule has 0 saturated carbocycles. The van der Waals surface area contributed by atoms with Crippen molar-refractivity contribution in [3.63, 3.8) is 0 Å². The lowest BCUT2D eigenvalue weighted by molar-refractivity contribution is -0.121. The number of rotatable bonds is 9. The van der Waals surface area contributed by atoms with Gasteiger partial charge in [0.05, 0.1) is 13.2 Å². The van der Waals surface area contributed by atoms with E-state index in [1.807, 2.05) is 11.4 Å². The Morgan fingerprint density at radius 2 is 2.14 bits per heavy atom. The zero-order valence-corrected chi connectivity index (χ0v) is 13.6. The van der Waals surface area contributed by atoms with Crippen LogP contribution < -0.4 is 5.32 Å². The second-order valence-corrected chi connectivity index (χ2v) is 5.97. The van der Waals surface area contributed by atoms with Crippen LogP contribution in [0, 0.1) is 11.8 Å². The van der Waals surface area contributed by atoms with E-state index in [2.05, 4.69) is 24.1 Å². The van der Waals surface area contributed by atoms with Gasteiger partial charge in [-0.05, 0) is 17.9 Å². The zero-order valence-electron chi connectivity index (χ0n) is 12.8. The summed E-state index contributed by atoms with van der Waals surface area (Å²) >= 11 is 1.60. The predicted octanol–water partition coefficient (Wildman–Crippen LogP) is 3.46. The molecule has 0 fully saturated rings. The Balaban J connectivity index is 2.27. The second kappa shape index (κ2) is 11.4. The van der Waals surface area contributed by atoms with Crippen LogP contribution in [0.2, 0.25) is 0 Å². The van der Waals surface area contributed by atoms with Crippen molar-refractivity contribution >= 4 is 17.2 Å². The monoisotopic (exact) mass is 307 g/mol. The minimum Gasteiger partial charge on any atom is -0.395 e. The molecule has 0 radical (unpaired) electrons. The summed E-state index contributed by atoms with van der Waals surface area (Å²) in [5, 5.41) is 13.7. The molecule has 1 heterocycles. The summed E-state index contributed by atoms with van der Waals surface area (Å²) in [4.78, 5) is 12.9. The Morgan fingerprint density at radius 3 is 2.90 bits per heavy atom. The van der Waals surface area contributed by atoms with Crippen LogP contribution in [0.15, 0.2) is 11.4 Å². The first-order valence-corrected chi connectivity index (χ1v) is 8.58. The van der Waals surface area contributed by atoms with E-state index >= 15 is 0 Å². The first kappa shape index (κ1) is 17.7. The number of aliphatic hydroxyl groups excluding tert-OH is 1. The zero-order chi connectivity index (χ0) is 15.3. The molecule has 1 rings (SSSR count). The van der Waals surface area contributed by atoms with Crippen molar-refractivity contribution < 1.29 is 9.90 Å². The SMILES string of the molecule is CCCCCCCC(=O)NCc1sccc1C#CCCO. The Hall–Kier alpha value is -1.31. The molecule has 0 spiro atoms. The highest BCUT2D eigenvalue weighted by molar-refractivity contribution is 7.10. The van der Waals surface area contributed by atoms with Crippen molar-refractivity contribution in [3.05, 3.63) is 21.9 Å². The molecule has 1 aromatic rings. The van der Waals surface area contributed by atoms with Gasteiger partial charge in [0.25, 0.3) is 0 Å². The summed E-state index contributed by atoms with van der Waals surface area (Å²) < 4.78 is 0. The number of hydrogen-bond acceptors (Lipinski definition) is 3. The van der Waals surface area contributed by atoms with Crippen LogP contribution in [0.25, 0.3) is 0 Å². The molecular weight excluding hydrogens is 282 g/mol. The molecule has 0 atom stereocenters. The Kier molecular flexibility index (Phi) is 9.60. The normalized spacial score (nSPS) is 10.0. The lowest BCUT2D eigenvalue weighted by Gasteiger charge is -2.04. The van der Waals surface area contributed by atoms with Crippen LogP contribution in [0.1, 0.15) is 62.3 Å². The Labute approximate surface area is 131 Å². The van der Waals surface area contributed by atoms with Crippen molar-refractivity contribution in [2.75, 3.05) is 6.61 Å². The molecule has 4 heteroatoms. The standard InChI is InChI=1S/C17H25NO2S/c1-2-3-4-5-6-10-17(20)18-14-16-15(11-13-21-16)9-7-8-12-19/h11,13,19H,2-6,8,10,12,14H2,1H3,(H,18,20). The van der Waals surface area contributed by atoms with Crippen molar-refractivity contribution in [3.8, 4) is 11.8 Å². The third kappa shape index (κ3) is 7.89. The number of amides is 1. The Morgan fingerprint density at radius 1 is 1.33 bits per heavy atom. The molecule has 0 saturated heterocycles. The largest absolute Gasteiger partial charge is 0.395 e. The van der Waals surface area contributed by atoms with Gasteiger partial charge in [-0.15, -0.1) is 11.3 Å². The van der Waals surface area contributed by atoms with E-state index in [0.717, 1.165) is 23.3 Å². The van der Waals surface area contributed by atoms with Gasteiger partial charge in [0, 0.05) is 23.3 Å². The van der Waals surface area contributed by atoms with E-state index in [9.17, 15) is 4.79 Å². The number of hydrogen-bond donors (Lipinski definition) is 2. The molecular formula is C17H25NO2S. The van der Waals surface area contributed by atoms with Crippen molar-refractivity contribution in [2.45, 2.75) is 58.4 Å². The lowest BCUT2D eigenvalue weighted by atomic mass is 10.1. The first-order valence-electron chi connectivity index (χ1n) is 7.70. The van der Waals surface area contributed by atoms with Crippen LogP contribution in [-0.4, -0.2) is 17.6 Å². The highest BCUT2D eigenvalue weighted by Crippen LogP contribution is 2.15. The second-order valence-electron chi connectivity index (χ2n) is 4.97. The van der Waals surface area contributed by atoms with E-state index < -0.39 is 0 Å². The number of carbonyl (C=O) groups is 1. The fourth-order valence-electron chi connectivity index (χ4n) is 1.96. The number of thiophene rings is 1. The number of nitrogens with one attached hydrogen (secondary N) is 1. The fraction of sp³-hybridized carbons (Fsp3) is 0.588. The van der Waals surface area contributed by atoms with Crippen LogP contribution in [0.3, 0.4) is 0 Å². The van der Waals surface area contributed by atoms with Crippen LogP contribution in [-0.2, 0) is 11.3 Å². The highest BCUT2D eigenvalue weighted by atomic mass is 32.1. The van der Waals surface area contributed by atoms with Crippen LogP contribution in [0.5, 0.6) is 0 Å². The maximum atomic E-state index is 11.8. The van der Waals surface area contributed by atoms with Gasteiger partial charge in [-0.25, -0.2) is 0 Å². The average molecular weight is 307 g/mol. The smallest absolute Gasteiger partial charge is 0.220 e. The van der Waals surface area contributed by atoms with Crippen LogP contribution in [0.4, 0.5) is 0 Å². The minimum absolute atomic E-state index is 0.0846. The number of unbranched alkanes of at least 4 members (excludes halogenated alkanes) is 4. The molecule has 1 aromatic heterocycles. The maximum Gasteiger partial charge on any atom is 0.220 e. The van der Waals surface area contributed by atoms with Gasteiger partial charge in [-0.3, -0.25) is 4.79 Å². The van der Waals surface area contributed by atoms with E-state index in [-0.39, 0.29) is 12.5 Å². The predicted molar refractivity (Wildman–Crippen MR) is 88.1 cm³/mol. The summed E-state index contributed by atoms with van der Waals surface area (Å²) in [6.07, 6.45) is 6.91. The Bertz CT molecular complexity index is 471. The topological polar surface area (TPSA) is 49.3 Å². The van der Waals surface area contributed by atoms with Crippen molar-refractivity contribution in [1.29, 1.82) is 0 Å². The van der Waals surface area contributed by atoms with Crippen LogP contribution >= 0.6 is 11.3 Å². The van der Waals surface area contributed by atoms with Crippen molar-refractivity contribution in [2.24, 2.45) is 0 Å². The molecule has 116 valence electrons. The molecule has 0 aliphatic carbocycles. The van der Waals surface area contributed by atoms with E-state index in [4.69, 9.17) is 5.11 Å². The quantitative estimate of drug-likeness (QED) is 0.542. The highest BCUT2D eigenvalue weighted by Gasteiger charge is 2.05. The van der Waals surface area contributed by atoms with Gasteiger partial charge >= 0.3 is 0 Å². The molecule has 0 bridgehead atoms. The molecule has 2 N–H and O–H groups in total. The summed E-state index contributed by atoms with van der Waals surface area (Å²) in [5.74, 6) is 6.07. The summed E-state index contributed by atoms with van der Waals surface area (Å²) in [6.45, 7) is 2.82. The van der Waals surface area contributed by atoms with Gasteiger partial charge in [-0.2, -0.15) is 0 Å². The van der Waals surface area contributed by atoms with Gasteiger partial charge in [-0.1, -0.05) is 44.4 Å². The molecule has 0 aliphatic rings. The van der Waals surface area contributed by atoms with E-state index in [1.54, 1.807) is 11.3 Å². The summed E-state index contributed by atoms with van der Waals surface area (Å²) in [6, 6.07) is 1.96. The fourth-order valence-corrected chi connectivity index (χ4v) is 2.73. The molecule has 0 aliphatic heterocycles. The van der Waals surface area contributed by atoms with Gasteiger partial charge in [0.2, 0.25) is 5.91 Å². The minimum atomic E-state index is 0.0846. The summed E-state index contributed by atoms with van der Waals surface area (Å²) in [5.41, 5.74) is 0.955. The molecule has 21 heavy (non-hydrogen) atoms. The van der Waals surface area contributed by atoms with Crippen molar-refractivity contribution in [1.82, 2.24) is 5.32 Å². The average Bonchev–Trinajstić information content (AvgIpc) is 2.93. The third-order valence-corrected chi connectivity index (χ3v) is 4.08. The summed E-state index contributed by atoms with van der Waals surface area (Å²) in [7, 11) is 0. The molecule has 0 unspecified atom stereocenters.